The first-order valence-electron chi connectivity index (χ1n) is 6.60. The minimum absolute atomic E-state index is 0.142. The normalized spacial score (nSPS) is 11.9. The van der Waals surface area contributed by atoms with Crippen molar-refractivity contribution >= 4 is 5.91 Å². The summed E-state index contributed by atoms with van der Waals surface area (Å²) >= 11 is 0. The van der Waals surface area contributed by atoms with Gasteiger partial charge in [-0.25, -0.2) is 4.68 Å². The first kappa shape index (κ1) is 14.9. The van der Waals surface area contributed by atoms with Gasteiger partial charge in [0, 0.05) is 13.1 Å². The second kappa shape index (κ2) is 6.81. The van der Waals surface area contributed by atoms with Crippen molar-refractivity contribution in [3.05, 3.63) is 64.1 Å². The molecule has 0 aliphatic rings. The zero-order valence-electron chi connectivity index (χ0n) is 11.7. The number of nitrogens with one attached hydrogen (secondary N) is 1. The lowest BCUT2D eigenvalue weighted by Gasteiger charge is -2.16. The van der Waals surface area contributed by atoms with Crippen molar-refractivity contribution in [1.82, 2.24) is 15.1 Å². The second-order valence-electron chi connectivity index (χ2n) is 4.72. The Morgan fingerprint density at radius 2 is 2.00 bits per heavy atom. The lowest BCUT2D eigenvalue weighted by atomic mass is 10.1. The van der Waals surface area contributed by atoms with Crippen LogP contribution in [0, 0.1) is 0 Å². The van der Waals surface area contributed by atoms with Crippen LogP contribution in [0.1, 0.15) is 16.1 Å². The summed E-state index contributed by atoms with van der Waals surface area (Å²) in [5.74, 6) is -0.416. The van der Waals surface area contributed by atoms with Crippen LogP contribution in [0.3, 0.4) is 0 Å². The Kier molecular flexibility index (Phi) is 4.84. The van der Waals surface area contributed by atoms with E-state index in [4.69, 9.17) is 0 Å². The van der Waals surface area contributed by atoms with Gasteiger partial charge in [-0.15, -0.1) is 0 Å². The molecule has 1 unspecified atom stereocenters. The topological polar surface area (TPSA) is 84.2 Å². The number of hydrogen-bond acceptors (Lipinski definition) is 4. The van der Waals surface area contributed by atoms with E-state index in [0.29, 0.717) is 6.42 Å². The van der Waals surface area contributed by atoms with Gasteiger partial charge < -0.3 is 10.4 Å². The van der Waals surface area contributed by atoms with Crippen LogP contribution in [0.4, 0.5) is 0 Å². The molecule has 1 aromatic heterocycles. The lowest BCUT2D eigenvalue weighted by Crippen LogP contribution is -2.40. The van der Waals surface area contributed by atoms with Gasteiger partial charge in [0.25, 0.3) is 11.5 Å². The zero-order chi connectivity index (χ0) is 15.2. The van der Waals surface area contributed by atoms with E-state index in [1.807, 2.05) is 30.3 Å². The highest BCUT2D eigenvalue weighted by Crippen LogP contribution is 2.03. The standard InChI is InChI=1S/C15H17N3O3/c1-18-14(20)8-7-13(17-18)15(21)16-12(10-19)9-11-5-3-2-4-6-11/h2-8,12,19H,9-10H2,1H3,(H,16,21). The van der Waals surface area contributed by atoms with E-state index in [9.17, 15) is 14.7 Å². The minimum Gasteiger partial charge on any atom is -0.394 e. The molecule has 0 spiro atoms. The fraction of sp³-hybridized carbons (Fsp3) is 0.267. The van der Waals surface area contributed by atoms with Crippen LogP contribution in [-0.4, -0.2) is 33.4 Å². The molecule has 21 heavy (non-hydrogen) atoms. The number of aromatic nitrogens is 2. The zero-order valence-corrected chi connectivity index (χ0v) is 11.7. The van der Waals surface area contributed by atoms with Gasteiger partial charge in [-0.2, -0.15) is 5.10 Å². The van der Waals surface area contributed by atoms with Gasteiger partial charge >= 0.3 is 0 Å². The number of rotatable bonds is 5. The number of hydrogen-bond donors (Lipinski definition) is 2. The molecule has 1 atom stereocenters. The molecule has 2 rings (SSSR count). The quantitative estimate of drug-likeness (QED) is 0.817. The summed E-state index contributed by atoms with van der Waals surface area (Å²) in [4.78, 5) is 23.3. The van der Waals surface area contributed by atoms with Crippen LogP contribution in [0.5, 0.6) is 0 Å². The molecule has 0 fully saturated rings. The summed E-state index contributed by atoms with van der Waals surface area (Å²) < 4.78 is 1.10. The molecule has 0 radical (unpaired) electrons. The van der Waals surface area contributed by atoms with Gasteiger partial charge in [0.1, 0.15) is 5.69 Å². The van der Waals surface area contributed by atoms with Crippen LogP contribution in [0.25, 0.3) is 0 Å². The van der Waals surface area contributed by atoms with Gasteiger partial charge in [-0.3, -0.25) is 9.59 Å². The Bertz CT molecular complexity index is 667. The van der Waals surface area contributed by atoms with E-state index >= 15 is 0 Å². The van der Waals surface area contributed by atoms with Crippen molar-refractivity contribution < 1.29 is 9.90 Å². The summed E-state index contributed by atoms with van der Waals surface area (Å²) in [5, 5.41) is 16.0. The Hall–Kier alpha value is -2.47. The third-order valence-electron chi connectivity index (χ3n) is 3.07. The first-order chi connectivity index (χ1) is 10.1. The maximum absolute atomic E-state index is 12.1. The van der Waals surface area contributed by atoms with Crippen LogP contribution >= 0.6 is 0 Å². The third-order valence-corrected chi connectivity index (χ3v) is 3.07. The lowest BCUT2D eigenvalue weighted by molar-refractivity contribution is 0.0909. The average Bonchev–Trinajstić information content (AvgIpc) is 2.50. The van der Waals surface area contributed by atoms with Crippen LogP contribution in [0.15, 0.2) is 47.3 Å². The fourth-order valence-corrected chi connectivity index (χ4v) is 1.94. The summed E-state index contributed by atoms with van der Waals surface area (Å²) in [6.45, 7) is -0.174. The second-order valence-corrected chi connectivity index (χ2v) is 4.72. The monoisotopic (exact) mass is 287 g/mol. The van der Waals surface area contributed by atoms with Gasteiger partial charge in [0.2, 0.25) is 0 Å². The molecular formula is C15H17N3O3. The van der Waals surface area contributed by atoms with E-state index in [2.05, 4.69) is 10.4 Å². The molecule has 2 aromatic rings. The summed E-state index contributed by atoms with van der Waals surface area (Å²) in [6, 6.07) is 11.8. The molecular weight excluding hydrogens is 270 g/mol. The number of nitrogens with zero attached hydrogens (tertiary/aromatic N) is 2. The van der Waals surface area contributed by atoms with Crippen LogP contribution < -0.4 is 10.9 Å². The number of aliphatic hydroxyl groups is 1. The van der Waals surface area contributed by atoms with Crippen molar-refractivity contribution in [3.8, 4) is 0 Å². The molecule has 1 heterocycles. The number of benzene rings is 1. The van der Waals surface area contributed by atoms with E-state index in [1.165, 1.54) is 19.2 Å². The molecule has 1 aromatic carbocycles. The molecule has 0 saturated carbocycles. The van der Waals surface area contributed by atoms with E-state index in [-0.39, 0.29) is 17.9 Å². The predicted octanol–water partition coefficient (Wildman–Crippen LogP) is 0.114. The molecule has 0 aliphatic carbocycles. The van der Waals surface area contributed by atoms with Crippen LogP contribution in [0.2, 0.25) is 0 Å². The Balaban J connectivity index is 2.05. The molecule has 0 bridgehead atoms. The van der Waals surface area contributed by atoms with Crippen molar-refractivity contribution in [2.24, 2.45) is 7.05 Å². The SMILES string of the molecule is Cn1nc(C(=O)NC(CO)Cc2ccccc2)ccc1=O. The fourth-order valence-electron chi connectivity index (χ4n) is 1.94. The number of amides is 1. The van der Waals surface area contributed by atoms with E-state index in [0.717, 1.165) is 10.2 Å². The molecule has 0 aliphatic heterocycles. The summed E-state index contributed by atoms with van der Waals surface area (Å²) in [5.41, 5.74) is 0.878. The largest absolute Gasteiger partial charge is 0.394 e. The number of aryl methyl sites for hydroxylation is 1. The Morgan fingerprint density at radius 3 is 2.62 bits per heavy atom. The Morgan fingerprint density at radius 1 is 1.29 bits per heavy atom. The highest BCUT2D eigenvalue weighted by Gasteiger charge is 2.15. The third kappa shape index (κ3) is 4.00. The van der Waals surface area contributed by atoms with Gasteiger partial charge in [0.05, 0.1) is 12.6 Å². The molecule has 6 heteroatoms. The number of aliphatic hydroxyl groups excluding tert-OH is 1. The van der Waals surface area contributed by atoms with E-state index in [1.54, 1.807) is 0 Å². The highest BCUT2D eigenvalue weighted by molar-refractivity contribution is 5.92. The summed E-state index contributed by atoms with van der Waals surface area (Å²) in [6.07, 6.45) is 0.523. The van der Waals surface area contributed by atoms with Crippen molar-refractivity contribution in [1.29, 1.82) is 0 Å². The van der Waals surface area contributed by atoms with Crippen molar-refractivity contribution in [2.45, 2.75) is 12.5 Å². The molecule has 1 amide bonds. The van der Waals surface area contributed by atoms with Crippen LogP contribution in [-0.2, 0) is 13.5 Å². The van der Waals surface area contributed by atoms with Gasteiger partial charge in [-0.05, 0) is 18.1 Å². The number of carbonyl (C=O) groups is 1. The minimum atomic E-state index is -0.416. The van der Waals surface area contributed by atoms with Gasteiger partial charge in [-0.1, -0.05) is 30.3 Å². The molecule has 2 N–H and O–H groups in total. The van der Waals surface area contributed by atoms with Crippen molar-refractivity contribution in [2.75, 3.05) is 6.61 Å². The molecule has 6 nitrogen and oxygen atoms in total. The Labute approximate surface area is 122 Å². The predicted molar refractivity (Wildman–Crippen MR) is 78.0 cm³/mol. The average molecular weight is 287 g/mol. The van der Waals surface area contributed by atoms with Crippen molar-refractivity contribution in [3.63, 3.8) is 0 Å². The highest BCUT2D eigenvalue weighted by atomic mass is 16.3. The smallest absolute Gasteiger partial charge is 0.272 e. The maximum atomic E-state index is 12.1. The maximum Gasteiger partial charge on any atom is 0.272 e. The first-order valence-corrected chi connectivity index (χ1v) is 6.60. The van der Waals surface area contributed by atoms with E-state index < -0.39 is 11.9 Å². The molecule has 0 saturated heterocycles. The summed E-state index contributed by atoms with van der Waals surface area (Å²) in [7, 11) is 1.48. The number of carbonyl (C=O) groups excluding carboxylic acids is 1. The van der Waals surface area contributed by atoms with Gasteiger partial charge in [0.15, 0.2) is 0 Å². The molecule has 110 valence electrons.